The predicted molar refractivity (Wildman–Crippen MR) is 155 cm³/mol. The van der Waals surface area contributed by atoms with Gasteiger partial charge in [0.1, 0.15) is 5.82 Å². The maximum absolute atomic E-state index is 13.1. The average Bonchev–Trinajstić information content (AvgIpc) is 3.37. The Morgan fingerprint density at radius 3 is 2.24 bits per heavy atom. The molecule has 0 aliphatic carbocycles. The number of benzene rings is 4. The van der Waals surface area contributed by atoms with Crippen molar-refractivity contribution >= 4 is 29.2 Å². The number of nitrogens with zero attached hydrogens (tertiary/aromatic N) is 2. The number of halogens is 5. The van der Waals surface area contributed by atoms with Gasteiger partial charge in [-0.3, -0.25) is 0 Å². The molecule has 208 valence electrons. The Morgan fingerprint density at radius 2 is 1.59 bits per heavy atom. The minimum atomic E-state index is -4.39. The van der Waals surface area contributed by atoms with Gasteiger partial charge in [-0.1, -0.05) is 59.6 Å². The van der Waals surface area contributed by atoms with Gasteiger partial charge in [-0.25, -0.2) is 9.78 Å². The van der Waals surface area contributed by atoms with E-state index in [2.05, 4.69) is 0 Å². The number of carboxylic acids is 1. The van der Waals surface area contributed by atoms with Crippen molar-refractivity contribution in [3.05, 3.63) is 130 Å². The summed E-state index contributed by atoms with van der Waals surface area (Å²) in [5, 5.41) is 10.3. The summed E-state index contributed by atoms with van der Waals surface area (Å²) < 4.78 is 41.2. The predicted octanol–water partition coefficient (Wildman–Crippen LogP) is 9.41. The van der Waals surface area contributed by atoms with Gasteiger partial charge < -0.3 is 9.67 Å². The van der Waals surface area contributed by atoms with Crippen molar-refractivity contribution in [2.24, 2.45) is 0 Å². The third-order valence-electron chi connectivity index (χ3n) is 6.72. The molecule has 0 spiro atoms. The zero-order chi connectivity index (χ0) is 29.1. The second-order valence-electron chi connectivity index (χ2n) is 9.52. The molecule has 5 rings (SSSR count). The van der Waals surface area contributed by atoms with Crippen LogP contribution in [0.25, 0.3) is 28.1 Å². The van der Waals surface area contributed by atoms with Gasteiger partial charge in [-0.05, 0) is 84.1 Å². The lowest BCUT2D eigenvalue weighted by Gasteiger charge is -2.10. The first-order valence-electron chi connectivity index (χ1n) is 12.7. The lowest BCUT2D eigenvalue weighted by molar-refractivity contribution is -0.137. The van der Waals surface area contributed by atoms with Crippen molar-refractivity contribution in [2.45, 2.75) is 25.4 Å². The molecule has 1 aromatic heterocycles. The van der Waals surface area contributed by atoms with Gasteiger partial charge >= 0.3 is 12.1 Å². The van der Waals surface area contributed by atoms with E-state index in [9.17, 15) is 23.1 Å². The smallest absolute Gasteiger partial charge is 0.416 e. The monoisotopic (exact) mass is 594 g/mol. The molecular formula is C32H23Cl2F3N2O2. The number of hydrogen-bond donors (Lipinski definition) is 1. The van der Waals surface area contributed by atoms with E-state index < -0.39 is 17.7 Å². The van der Waals surface area contributed by atoms with Gasteiger partial charge in [0.2, 0.25) is 0 Å². The van der Waals surface area contributed by atoms with E-state index >= 15 is 0 Å². The molecule has 0 saturated carbocycles. The van der Waals surface area contributed by atoms with E-state index in [0.717, 1.165) is 47.6 Å². The fourth-order valence-corrected chi connectivity index (χ4v) is 5.10. The molecular weight excluding hydrogens is 572 g/mol. The van der Waals surface area contributed by atoms with Crippen LogP contribution in [0.2, 0.25) is 10.0 Å². The van der Waals surface area contributed by atoms with Gasteiger partial charge in [-0.2, -0.15) is 13.2 Å². The van der Waals surface area contributed by atoms with E-state index in [4.69, 9.17) is 28.2 Å². The number of carboxylic acid groups (broad SMARTS) is 1. The lowest BCUT2D eigenvalue weighted by Crippen LogP contribution is -2.04. The van der Waals surface area contributed by atoms with Crippen molar-refractivity contribution in [2.75, 3.05) is 0 Å². The molecule has 9 heteroatoms. The fraction of sp³-hybridized carbons (Fsp3) is 0.125. The molecule has 0 radical (unpaired) electrons. The number of aromatic nitrogens is 2. The number of hydrogen-bond acceptors (Lipinski definition) is 2. The third kappa shape index (κ3) is 6.64. The average molecular weight is 595 g/mol. The number of aromatic carboxylic acids is 1. The van der Waals surface area contributed by atoms with Crippen molar-refractivity contribution in [1.82, 2.24) is 9.55 Å². The maximum atomic E-state index is 13.1. The van der Waals surface area contributed by atoms with Gasteiger partial charge in [-0.15, -0.1) is 0 Å². The largest absolute Gasteiger partial charge is 0.478 e. The molecule has 1 heterocycles. The SMILES string of the molecule is O=C(O)c1ccc(-n2cc(-c3ccc(Cl)cc3Cl)nc2CCCc2ccc(-c3cccc(C(F)(F)F)c3)cc2)cc1. The summed E-state index contributed by atoms with van der Waals surface area (Å²) in [6.07, 6.45) is -0.435. The summed E-state index contributed by atoms with van der Waals surface area (Å²) in [7, 11) is 0. The number of rotatable bonds is 8. The van der Waals surface area contributed by atoms with Crippen LogP contribution in [0, 0.1) is 0 Å². The highest BCUT2D eigenvalue weighted by Crippen LogP contribution is 2.33. The molecule has 0 unspecified atom stereocenters. The molecule has 1 N–H and O–H groups in total. The maximum Gasteiger partial charge on any atom is 0.416 e. The van der Waals surface area contributed by atoms with Crippen LogP contribution in [-0.4, -0.2) is 20.6 Å². The molecule has 0 bridgehead atoms. The Kier molecular flexibility index (Phi) is 8.20. The van der Waals surface area contributed by atoms with Crippen LogP contribution in [0.15, 0.2) is 97.2 Å². The van der Waals surface area contributed by atoms with Crippen molar-refractivity contribution in [3.8, 4) is 28.1 Å². The number of imidazole rings is 1. The molecule has 0 saturated heterocycles. The first-order valence-corrected chi connectivity index (χ1v) is 13.5. The van der Waals surface area contributed by atoms with E-state index in [1.807, 2.05) is 35.0 Å². The van der Waals surface area contributed by atoms with Crippen LogP contribution in [0.5, 0.6) is 0 Å². The Bertz CT molecular complexity index is 1700. The Hall–Kier alpha value is -4.07. The zero-order valence-corrected chi connectivity index (χ0v) is 23.0. The van der Waals surface area contributed by atoms with Crippen LogP contribution in [-0.2, 0) is 19.0 Å². The summed E-state index contributed by atoms with van der Waals surface area (Å²) >= 11 is 12.5. The van der Waals surface area contributed by atoms with Gasteiger partial charge in [0.05, 0.1) is 21.8 Å². The quantitative estimate of drug-likeness (QED) is 0.195. The van der Waals surface area contributed by atoms with Crippen molar-refractivity contribution in [3.63, 3.8) is 0 Å². The summed E-state index contributed by atoms with van der Waals surface area (Å²) in [5.41, 5.74) is 3.93. The first kappa shape index (κ1) is 28.5. The van der Waals surface area contributed by atoms with Crippen LogP contribution in [0.4, 0.5) is 13.2 Å². The Morgan fingerprint density at radius 1 is 0.854 bits per heavy atom. The van der Waals surface area contributed by atoms with Crippen LogP contribution < -0.4 is 0 Å². The molecule has 0 aliphatic heterocycles. The summed E-state index contributed by atoms with van der Waals surface area (Å²) in [6, 6.07) is 24.6. The molecule has 4 nitrogen and oxygen atoms in total. The standard InChI is InChI=1S/C32H23Cl2F3N2O2/c33-25-13-16-27(28(34)18-25)29-19-39(26-14-11-22(12-15-26)31(40)41)30(38-29)6-1-3-20-7-9-21(10-8-20)23-4-2-5-24(17-23)32(35,36)37/h2,4-5,7-19H,1,3,6H2,(H,40,41). The normalized spacial score (nSPS) is 11.5. The third-order valence-corrected chi connectivity index (χ3v) is 7.27. The Balaban J connectivity index is 1.35. The van der Waals surface area contributed by atoms with Crippen LogP contribution in [0.1, 0.15) is 33.7 Å². The van der Waals surface area contributed by atoms with E-state index in [1.54, 1.807) is 48.5 Å². The second kappa shape index (κ2) is 11.8. The van der Waals surface area contributed by atoms with Crippen LogP contribution >= 0.6 is 23.2 Å². The molecule has 0 atom stereocenters. The molecule has 5 aromatic rings. The number of carbonyl (C=O) groups is 1. The zero-order valence-electron chi connectivity index (χ0n) is 21.5. The highest BCUT2D eigenvalue weighted by Gasteiger charge is 2.30. The summed E-state index contributed by atoms with van der Waals surface area (Å²) in [4.78, 5) is 16.2. The van der Waals surface area contributed by atoms with Gasteiger partial charge in [0.25, 0.3) is 0 Å². The second-order valence-corrected chi connectivity index (χ2v) is 10.4. The first-order chi connectivity index (χ1) is 19.6. The minimum absolute atomic E-state index is 0.185. The lowest BCUT2D eigenvalue weighted by atomic mass is 10.00. The molecule has 0 amide bonds. The highest BCUT2D eigenvalue weighted by molar-refractivity contribution is 6.36. The highest BCUT2D eigenvalue weighted by atomic mass is 35.5. The summed E-state index contributed by atoms with van der Waals surface area (Å²) in [5.74, 6) is -0.232. The van der Waals surface area contributed by atoms with Gasteiger partial charge in [0, 0.05) is 28.9 Å². The molecule has 41 heavy (non-hydrogen) atoms. The minimum Gasteiger partial charge on any atom is -0.478 e. The molecule has 0 fully saturated rings. The van der Waals surface area contributed by atoms with E-state index in [0.29, 0.717) is 33.3 Å². The number of alkyl halides is 3. The summed E-state index contributed by atoms with van der Waals surface area (Å²) in [6.45, 7) is 0. The molecule has 4 aromatic carbocycles. The van der Waals surface area contributed by atoms with E-state index in [-0.39, 0.29) is 5.56 Å². The Labute approximate surface area is 244 Å². The van der Waals surface area contributed by atoms with Gasteiger partial charge in [0.15, 0.2) is 0 Å². The van der Waals surface area contributed by atoms with Crippen LogP contribution in [0.3, 0.4) is 0 Å². The van der Waals surface area contributed by atoms with Crippen molar-refractivity contribution in [1.29, 1.82) is 0 Å². The fourth-order valence-electron chi connectivity index (χ4n) is 4.60. The topological polar surface area (TPSA) is 55.1 Å². The van der Waals surface area contributed by atoms with Crippen molar-refractivity contribution < 1.29 is 23.1 Å². The number of aryl methyl sites for hydroxylation is 2. The molecule has 0 aliphatic rings. The van der Waals surface area contributed by atoms with E-state index in [1.165, 1.54) is 6.07 Å².